The molecule has 1 unspecified atom stereocenters. The van der Waals surface area contributed by atoms with Gasteiger partial charge < -0.3 is 0 Å². The summed E-state index contributed by atoms with van der Waals surface area (Å²) < 4.78 is 58.3. The summed E-state index contributed by atoms with van der Waals surface area (Å²) in [5.74, 6) is -6.36. The van der Waals surface area contributed by atoms with Crippen molar-refractivity contribution in [3.63, 3.8) is 0 Å². The normalized spacial score (nSPS) is 28.6. The molecule has 0 bridgehead atoms. The van der Waals surface area contributed by atoms with Gasteiger partial charge in [-0.2, -0.15) is 0 Å². The van der Waals surface area contributed by atoms with Crippen molar-refractivity contribution in [3.8, 4) is 0 Å². The van der Waals surface area contributed by atoms with Crippen LogP contribution in [-0.4, -0.2) is 0 Å². The number of aryl methyl sites for hydroxylation is 1. The summed E-state index contributed by atoms with van der Waals surface area (Å²) in [5, 5.41) is 0. The molecule has 0 nitrogen and oxygen atoms in total. The monoisotopic (exact) mass is 340 g/mol. The second-order valence-corrected chi connectivity index (χ2v) is 7.29. The van der Waals surface area contributed by atoms with E-state index in [1.54, 1.807) is 0 Å². The fraction of sp³-hybridized carbons (Fsp3) is 0.600. The van der Waals surface area contributed by atoms with Gasteiger partial charge in [-0.25, -0.2) is 17.6 Å². The lowest BCUT2D eigenvalue weighted by Crippen LogP contribution is -2.31. The third-order valence-corrected chi connectivity index (χ3v) is 5.84. The fourth-order valence-electron chi connectivity index (χ4n) is 4.51. The zero-order chi connectivity index (χ0) is 17.5. The third-order valence-electron chi connectivity index (χ3n) is 5.84. The minimum absolute atomic E-state index is 0.138. The van der Waals surface area contributed by atoms with Gasteiger partial charge in [0.15, 0.2) is 11.6 Å². The number of alkyl halides is 2. The van der Waals surface area contributed by atoms with Crippen molar-refractivity contribution < 1.29 is 17.6 Å². The number of allylic oxidation sites excluding steroid dienone is 1. The Balaban J connectivity index is 1.91. The molecule has 0 aliphatic heterocycles. The van der Waals surface area contributed by atoms with Crippen LogP contribution < -0.4 is 0 Å². The molecule has 3 rings (SSSR count). The van der Waals surface area contributed by atoms with Crippen molar-refractivity contribution >= 4 is 0 Å². The summed E-state index contributed by atoms with van der Waals surface area (Å²) in [6.45, 7) is 5.64. The highest BCUT2D eigenvalue weighted by atomic mass is 19.3. The lowest BCUT2D eigenvalue weighted by molar-refractivity contribution is -0.0834. The molecule has 1 aromatic carbocycles. The molecule has 1 aromatic rings. The van der Waals surface area contributed by atoms with Crippen LogP contribution in [0.2, 0.25) is 0 Å². The van der Waals surface area contributed by atoms with Crippen LogP contribution in [0.1, 0.15) is 55.7 Å². The summed E-state index contributed by atoms with van der Waals surface area (Å²) in [4.78, 5) is 0. The van der Waals surface area contributed by atoms with E-state index in [1.807, 2.05) is 13.0 Å². The number of hydrogen-bond acceptors (Lipinski definition) is 0. The van der Waals surface area contributed by atoms with E-state index in [0.717, 1.165) is 12.8 Å². The average Bonchev–Trinajstić information content (AvgIpc) is 2.83. The van der Waals surface area contributed by atoms with E-state index in [4.69, 9.17) is 0 Å². The standard InChI is InChI=1S/C20H24F4/c1-3-5-14-10-15-11-16(13-8-6-12(4-2)7-9-13)20(23,24)17(15)19(22)18(14)21/h4,10,12-13,16H,2-3,5-9,11H2,1H3. The summed E-state index contributed by atoms with van der Waals surface area (Å²) in [6.07, 6.45) is 6.19. The van der Waals surface area contributed by atoms with Crippen LogP contribution in [0.3, 0.4) is 0 Å². The fourth-order valence-corrected chi connectivity index (χ4v) is 4.51. The Morgan fingerprint density at radius 3 is 2.42 bits per heavy atom. The molecule has 2 aliphatic carbocycles. The zero-order valence-electron chi connectivity index (χ0n) is 14.1. The Morgan fingerprint density at radius 1 is 1.17 bits per heavy atom. The van der Waals surface area contributed by atoms with E-state index in [2.05, 4.69) is 6.58 Å². The van der Waals surface area contributed by atoms with Gasteiger partial charge in [0.05, 0.1) is 5.56 Å². The molecule has 0 spiro atoms. The molecule has 2 aliphatic rings. The second-order valence-electron chi connectivity index (χ2n) is 7.29. The largest absolute Gasteiger partial charge is 0.279 e. The van der Waals surface area contributed by atoms with E-state index in [0.29, 0.717) is 37.2 Å². The molecule has 132 valence electrons. The first-order valence-corrected chi connectivity index (χ1v) is 8.90. The average molecular weight is 340 g/mol. The summed E-state index contributed by atoms with van der Waals surface area (Å²) in [7, 11) is 0. The van der Waals surface area contributed by atoms with Crippen molar-refractivity contribution in [2.45, 2.75) is 57.8 Å². The van der Waals surface area contributed by atoms with Gasteiger partial charge in [0.25, 0.3) is 5.92 Å². The van der Waals surface area contributed by atoms with Gasteiger partial charge in [0.1, 0.15) is 0 Å². The highest BCUT2D eigenvalue weighted by molar-refractivity contribution is 5.42. The lowest BCUT2D eigenvalue weighted by Gasteiger charge is -2.34. The maximum absolute atomic E-state index is 14.9. The molecule has 0 N–H and O–H groups in total. The van der Waals surface area contributed by atoms with Crippen LogP contribution >= 0.6 is 0 Å². The molecule has 0 aromatic heterocycles. The van der Waals surface area contributed by atoms with Gasteiger partial charge in [-0.3, -0.25) is 0 Å². The van der Waals surface area contributed by atoms with Crippen molar-refractivity contribution in [2.24, 2.45) is 17.8 Å². The molecule has 4 heteroatoms. The number of rotatable bonds is 4. The van der Waals surface area contributed by atoms with Crippen molar-refractivity contribution in [2.75, 3.05) is 0 Å². The number of benzene rings is 1. The van der Waals surface area contributed by atoms with E-state index >= 15 is 0 Å². The summed E-state index contributed by atoms with van der Waals surface area (Å²) >= 11 is 0. The predicted molar refractivity (Wildman–Crippen MR) is 87.1 cm³/mol. The number of fused-ring (bicyclic) bond motifs is 1. The Hall–Kier alpha value is -1.32. The Morgan fingerprint density at radius 2 is 1.83 bits per heavy atom. The summed E-state index contributed by atoms with van der Waals surface area (Å²) in [5.41, 5.74) is -0.158. The molecule has 0 heterocycles. The van der Waals surface area contributed by atoms with E-state index in [9.17, 15) is 17.6 Å². The third kappa shape index (κ3) is 2.78. The van der Waals surface area contributed by atoms with Crippen molar-refractivity contribution in [3.05, 3.63) is 47.0 Å². The van der Waals surface area contributed by atoms with E-state index < -0.39 is 29.0 Å². The molecule has 1 atom stereocenters. The molecule has 0 saturated heterocycles. The van der Waals surface area contributed by atoms with Gasteiger partial charge in [-0.15, -0.1) is 6.58 Å². The maximum atomic E-state index is 14.9. The first-order valence-electron chi connectivity index (χ1n) is 8.90. The van der Waals surface area contributed by atoms with Gasteiger partial charge in [-0.1, -0.05) is 25.5 Å². The summed E-state index contributed by atoms with van der Waals surface area (Å²) in [6, 6.07) is 1.47. The molecular formula is C20H24F4. The topological polar surface area (TPSA) is 0 Å². The van der Waals surface area contributed by atoms with Gasteiger partial charge in [0.2, 0.25) is 0 Å². The smallest absolute Gasteiger partial charge is 0.203 e. The molecule has 24 heavy (non-hydrogen) atoms. The quantitative estimate of drug-likeness (QED) is 0.454. The van der Waals surface area contributed by atoms with E-state index in [1.165, 1.54) is 6.07 Å². The molecular weight excluding hydrogens is 316 g/mol. The van der Waals surface area contributed by atoms with Crippen molar-refractivity contribution in [1.82, 2.24) is 0 Å². The molecule has 1 fully saturated rings. The molecule has 0 radical (unpaired) electrons. The van der Waals surface area contributed by atoms with Gasteiger partial charge >= 0.3 is 0 Å². The van der Waals surface area contributed by atoms with Crippen LogP contribution in [0, 0.1) is 29.4 Å². The molecule has 0 amide bonds. The highest BCUT2D eigenvalue weighted by Gasteiger charge is 2.54. The Kier molecular flexibility index (Phi) is 4.76. The highest BCUT2D eigenvalue weighted by Crippen LogP contribution is 2.53. The molecule has 1 saturated carbocycles. The first kappa shape index (κ1) is 17.5. The van der Waals surface area contributed by atoms with Crippen molar-refractivity contribution in [1.29, 1.82) is 0 Å². The van der Waals surface area contributed by atoms with E-state index in [-0.39, 0.29) is 17.9 Å². The number of hydrogen-bond donors (Lipinski definition) is 0. The van der Waals surface area contributed by atoms with Crippen LogP contribution in [0.15, 0.2) is 18.7 Å². The van der Waals surface area contributed by atoms with Gasteiger partial charge in [-0.05, 0) is 61.5 Å². The minimum atomic E-state index is -3.28. The van der Waals surface area contributed by atoms with Crippen LogP contribution in [0.5, 0.6) is 0 Å². The van der Waals surface area contributed by atoms with Crippen LogP contribution in [-0.2, 0) is 18.8 Å². The Bertz CT molecular complexity index is 627. The number of halogens is 4. The maximum Gasteiger partial charge on any atom is 0.279 e. The van der Waals surface area contributed by atoms with Gasteiger partial charge in [0, 0.05) is 5.92 Å². The second kappa shape index (κ2) is 6.53. The predicted octanol–water partition coefficient (Wildman–Crippen LogP) is 6.17. The van der Waals surface area contributed by atoms with Crippen LogP contribution in [0.4, 0.5) is 17.6 Å². The Labute approximate surface area is 141 Å². The first-order chi connectivity index (χ1) is 11.4. The lowest BCUT2D eigenvalue weighted by atomic mass is 9.74. The SMILES string of the molecule is C=CC1CCC(C2Cc3cc(CCC)c(F)c(F)c3C2(F)F)CC1. The zero-order valence-corrected chi connectivity index (χ0v) is 14.1. The van der Waals surface area contributed by atoms with Crippen LogP contribution in [0.25, 0.3) is 0 Å². The minimum Gasteiger partial charge on any atom is -0.203 e.